The number of rotatable bonds is 6. The molecule has 1 saturated heterocycles. The van der Waals surface area contributed by atoms with Crippen LogP contribution in [0.2, 0.25) is 0 Å². The number of halogens is 3. The molecule has 1 atom stereocenters. The lowest BCUT2D eigenvalue weighted by Gasteiger charge is -2.28. The molecule has 1 aliphatic rings. The molecule has 0 spiro atoms. The summed E-state index contributed by atoms with van der Waals surface area (Å²) in [6.45, 7) is 1.78. The van der Waals surface area contributed by atoms with Crippen molar-refractivity contribution < 1.29 is 18.1 Å². The average Bonchev–Trinajstić information content (AvgIpc) is 3.42. The number of hydrogen-bond donors (Lipinski definition) is 1. The molecular formula is C22H20BrF2N3O2. The summed E-state index contributed by atoms with van der Waals surface area (Å²) < 4.78 is 34.0. The molecule has 8 heteroatoms. The Labute approximate surface area is 181 Å². The van der Waals surface area contributed by atoms with E-state index in [0.29, 0.717) is 11.3 Å². The summed E-state index contributed by atoms with van der Waals surface area (Å²) in [7, 11) is 0. The highest BCUT2D eigenvalue weighted by Gasteiger charge is 2.27. The van der Waals surface area contributed by atoms with E-state index in [-0.39, 0.29) is 18.3 Å². The van der Waals surface area contributed by atoms with Gasteiger partial charge < -0.3 is 9.84 Å². The van der Waals surface area contributed by atoms with Crippen molar-refractivity contribution in [2.75, 3.05) is 19.6 Å². The molecule has 1 aliphatic heterocycles. The highest BCUT2D eigenvalue weighted by Crippen LogP contribution is 2.27. The second-order valence-electron chi connectivity index (χ2n) is 7.22. The second-order valence-corrected chi connectivity index (χ2v) is 8.13. The van der Waals surface area contributed by atoms with Crippen LogP contribution in [-0.4, -0.2) is 35.6 Å². The van der Waals surface area contributed by atoms with Crippen molar-refractivity contribution in [2.24, 2.45) is 0 Å². The van der Waals surface area contributed by atoms with Crippen molar-refractivity contribution in [3.63, 3.8) is 0 Å². The Morgan fingerprint density at radius 3 is 2.57 bits per heavy atom. The van der Waals surface area contributed by atoms with Gasteiger partial charge in [0.2, 0.25) is 0 Å². The molecule has 1 amide bonds. The SMILES string of the molecule is O=C(NC[C@H](c1ccc(F)cc1F)N1CCCC1)c1cc(-c2ccc(Br)cc2)on1. The van der Waals surface area contributed by atoms with E-state index < -0.39 is 17.5 Å². The minimum atomic E-state index is -0.622. The molecule has 0 aliphatic carbocycles. The van der Waals surface area contributed by atoms with Gasteiger partial charge in [-0.15, -0.1) is 0 Å². The minimum Gasteiger partial charge on any atom is -0.355 e. The van der Waals surface area contributed by atoms with Crippen LogP contribution in [0.1, 0.15) is 34.9 Å². The number of likely N-dealkylation sites (tertiary alicyclic amines) is 1. The van der Waals surface area contributed by atoms with Gasteiger partial charge in [-0.1, -0.05) is 39.3 Å². The van der Waals surface area contributed by atoms with Crippen LogP contribution >= 0.6 is 15.9 Å². The van der Waals surface area contributed by atoms with Crippen molar-refractivity contribution in [1.82, 2.24) is 15.4 Å². The van der Waals surface area contributed by atoms with Crippen molar-refractivity contribution in [1.29, 1.82) is 0 Å². The maximum Gasteiger partial charge on any atom is 0.273 e. The lowest BCUT2D eigenvalue weighted by atomic mass is 10.0. The smallest absolute Gasteiger partial charge is 0.273 e. The number of nitrogens with zero attached hydrogens (tertiary/aromatic N) is 2. The summed E-state index contributed by atoms with van der Waals surface area (Å²) in [5.41, 5.74) is 1.31. The van der Waals surface area contributed by atoms with E-state index in [1.54, 1.807) is 6.07 Å². The summed E-state index contributed by atoms with van der Waals surface area (Å²) >= 11 is 3.37. The third-order valence-electron chi connectivity index (χ3n) is 5.23. The third-order valence-corrected chi connectivity index (χ3v) is 5.76. The number of nitrogens with one attached hydrogen (secondary N) is 1. The van der Waals surface area contributed by atoms with Crippen LogP contribution in [0, 0.1) is 11.6 Å². The Morgan fingerprint density at radius 2 is 1.87 bits per heavy atom. The van der Waals surface area contributed by atoms with Gasteiger partial charge in [0.25, 0.3) is 5.91 Å². The molecule has 4 rings (SSSR count). The van der Waals surface area contributed by atoms with Crippen LogP contribution in [0.4, 0.5) is 8.78 Å². The van der Waals surface area contributed by atoms with Gasteiger partial charge >= 0.3 is 0 Å². The van der Waals surface area contributed by atoms with Crippen LogP contribution in [0.25, 0.3) is 11.3 Å². The van der Waals surface area contributed by atoms with Crippen LogP contribution in [0.3, 0.4) is 0 Å². The zero-order chi connectivity index (χ0) is 21.1. The molecule has 3 aromatic rings. The number of carbonyl (C=O) groups is 1. The monoisotopic (exact) mass is 475 g/mol. The fourth-order valence-electron chi connectivity index (χ4n) is 3.67. The van der Waals surface area contributed by atoms with Crippen LogP contribution in [-0.2, 0) is 0 Å². The Morgan fingerprint density at radius 1 is 1.13 bits per heavy atom. The van der Waals surface area contributed by atoms with Gasteiger partial charge in [-0.05, 0) is 44.1 Å². The average molecular weight is 476 g/mol. The highest BCUT2D eigenvalue weighted by molar-refractivity contribution is 9.10. The quantitative estimate of drug-likeness (QED) is 0.547. The Balaban J connectivity index is 1.48. The molecule has 1 fully saturated rings. The fourth-order valence-corrected chi connectivity index (χ4v) is 3.94. The summed E-state index contributed by atoms with van der Waals surface area (Å²) in [6, 6.07) is 12.2. The first-order chi connectivity index (χ1) is 14.5. The fraction of sp³-hybridized carbons (Fsp3) is 0.273. The van der Waals surface area contributed by atoms with Crippen LogP contribution < -0.4 is 5.32 Å². The van der Waals surface area contributed by atoms with E-state index in [0.717, 1.165) is 42.0 Å². The largest absolute Gasteiger partial charge is 0.355 e. The number of hydrogen-bond acceptors (Lipinski definition) is 4. The zero-order valence-corrected chi connectivity index (χ0v) is 17.7. The summed E-state index contributed by atoms with van der Waals surface area (Å²) in [6.07, 6.45) is 2.01. The first-order valence-corrected chi connectivity index (χ1v) is 10.5. The Bertz CT molecular complexity index is 1030. The minimum absolute atomic E-state index is 0.146. The lowest BCUT2D eigenvalue weighted by Crippen LogP contribution is -2.37. The van der Waals surface area contributed by atoms with Gasteiger partial charge in [-0.25, -0.2) is 8.78 Å². The molecule has 2 heterocycles. The van der Waals surface area contributed by atoms with Crippen molar-refractivity contribution in [2.45, 2.75) is 18.9 Å². The van der Waals surface area contributed by atoms with E-state index >= 15 is 0 Å². The van der Waals surface area contributed by atoms with Gasteiger partial charge in [-0.2, -0.15) is 0 Å². The predicted molar refractivity (Wildman–Crippen MR) is 112 cm³/mol. The first-order valence-electron chi connectivity index (χ1n) is 9.71. The van der Waals surface area contributed by atoms with Crippen molar-refractivity contribution in [3.8, 4) is 11.3 Å². The molecule has 156 valence electrons. The molecule has 0 unspecified atom stereocenters. The molecular weight excluding hydrogens is 456 g/mol. The molecule has 2 aromatic carbocycles. The van der Waals surface area contributed by atoms with Crippen molar-refractivity contribution in [3.05, 3.63) is 75.9 Å². The maximum absolute atomic E-state index is 14.4. The maximum atomic E-state index is 14.4. The molecule has 0 bridgehead atoms. The van der Waals surface area contributed by atoms with Gasteiger partial charge in [0.15, 0.2) is 11.5 Å². The zero-order valence-electron chi connectivity index (χ0n) is 16.1. The van der Waals surface area contributed by atoms with Gasteiger partial charge in [0.05, 0.1) is 6.04 Å². The summed E-state index contributed by atoms with van der Waals surface area (Å²) in [4.78, 5) is 14.7. The molecule has 5 nitrogen and oxygen atoms in total. The standard InChI is InChI=1S/C22H20BrF2N3O2/c23-15-5-3-14(4-6-15)21-12-19(27-30-21)22(29)26-13-20(28-9-1-2-10-28)17-8-7-16(24)11-18(17)25/h3-8,11-12,20H,1-2,9-10,13H2,(H,26,29)/t20-/m1/s1. The van der Waals surface area contributed by atoms with E-state index in [1.807, 2.05) is 24.3 Å². The number of aromatic nitrogens is 1. The number of carbonyl (C=O) groups excluding carboxylic acids is 1. The van der Waals surface area contributed by atoms with Gasteiger partial charge in [0, 0.05) is 34.3 Å². The van der Waals surface area contributed by atoms with Crippen LogP contribution in [0.15, 0.2) is 57.5 Å². The van der Waals surface area contributed by atoms with E-state index in [4.69, 9.17) is 4.52 Å². The third kappa shape index (κ3) is 4.60. The summed E-state index contributed by atoms with van der Waals surface area (Å²) in [5, 5.41) is 6.68. The van der Waals surface area contributed by atoms with Crippen LogP contribution in [0.5, 0.6) is 0 Å². The Hall–Kier alpha value is -2.58. The van der Waals surface area contributed by atoms with E-state index in [9.17, 15) is 13.6 Å². The normalized spacial score (nSPS) is 15.3. The summed E-state index contributed by atoms with van der Waals surface area (Å²) in [5.74, 6) is -1.16. The van der Waals surface area contributed by atoms with Gasteiger partial charge in [0.1, 0.15) is 11.6 Å². The van der Waals surface area contributed by atoms with Gasteiger partial charge in [-0.3, -0.25) is 9.69 Å². The first kappa shape index (κ1) is 20.7. The molecule has 1 aromatic heterocycles. The molecule has 0 saturated carbocycles. The lowest BCUT2D eigenvalue weighted by molar-refractivity contribution is 0.0928. The molecule has 1 N–H and O–H groups in total. The highest BCUT2D eigenvalue weighted by atomic mass is 79.9. The topological polar surface area (TPSA) is 58.4 Å². The van der Waals surface area contributed by atoms with E-state index in [1.165, 1.54) is 12.1 Å². The number of amides is 1. The van der Waals surface area contributed by atoms with E-state index in [2.05, 4.69) is 31.3 Å². The predicted octanol–water partition coefficient (Wildman–Crippen LogP) is 4.95. The molecule has 30 heavy (non-hydrogen) atoms. The van der Waals surface area contributed by atoms with Crippen molar-refractivity contribution >= 4 is 21.8 Å². The number of benzene rings is 2. The second kappa shape index (κ2) is 9.06. The molecule has 0 radical (unpaired) electrons. The Kier molecular flexibility index (Phi) is 6.24.